The van der Waals surface area contributed by atoms with Crippen molar-refractivity contribution in [2.75, 3.05) is 25.0 Å². The molecule has 0 bridgehead atoms. The zero-order valence-corrected chi connectivity index (χ0v) is 15.7. The van der Waals surface area contributed by atoms with Crippen molar-refractivity contribution >= 4 is 28.5 Å². The van der Waals surface area contributed by atoms with Gasteiger partial charge in [-0.15, -0.1) is 0 Å². The minimum atomic E-state index is -0.270. The lowest BCUT2D eigenvalue weighted by Crippen LogP contribution is -2.27. The summed E-state index contributed by atoms with van der Waals surface area (Å²) in [6, 6.07) is 8.99. The Morgan fingerprint density at radius 3 is 2.86 bits per heavy atom. The normalized spacial score (nSPS) is 15.5. The molecule has 3 heterocycles. The topological polar surface area (TPSA) is 101 Å². The summed E-state index contributed by atoms with van der Waals surface area (Å²) in [7, 11) is 0. The van der Waals surface area contributed by atoms with Gasteiger partial charge in [-0.05, 0) is 51.1 Å². The molecule has 2 aromatic heterocycles. The second-order valence-electron chi connectivity index (χ2n) is 6.94. The van der Waals surface area contributed by atoms with E-state index in [1.165, 1.54) is 0 Å². The number of hydrogen-bond donors (Lipinski definition) is 3. The van der Waals surface area contributed by atoms with Crippen molar-refractivity contribution in [3.63, 3.8) is 0 Å². The molecule has 0 atom stereocenters. The molecule has 4 rings (SSSR count). The predicted octanol–water partition coefficient (Wildman–Crippen LogP) is 2.30. The van der Waals surface area contributed by atoms with E-state index in [1.807, 2.05) is 22.8 Å². The van der Waals surface area contributed by atoms with Gasteiger partial charge >= 0.3 is 0 Å². The average Bonchev–Trinajstić information content (AvgIpc) is 3.25. The van der Waals surface area contributed by atoms with Crippen molar-refractivity contribution in [2.24, 2.45) is 0 Å². The number of rotatable bonds is 2. The summed E-state index contributed by atoms with van der Waals surface area (Å²) in [4.78, 5) is 25.2. The molecule has 1 aliphatic heterocycles. The number of anilines is 1. The number of benzene rings is 1. The minimum absolute atomic E-state index is 0.0813. The molecule has 3 aromatic rings. The molecule has 0 fully saturated rings. The summed E-state index contributed by atoms with van der Waals surface area (Å²) < 4.78 is 6.98. The first kappa shape index (κ1) is 18.2. The number of amides is 2. The van der Waals surface area contributed by atoms with Crippen LogP contribution in [-0.4, -0.2) is 41.2 Å². The highest BCUT2D eigenvalue weighted by atomic mass is 16.5. The van der Waals surface area contributed by atoms with Crippen LogP contribution in [-0.2, 0) is 6.54 Å². The minimum Gasteiger partial charge on any atom is -0.360 e. The largest absolute Gasteiger partial charge is 0.360 e. The van der Waals surface area contributed by atoms with Gasteiger partial charge in [-0.25, -0.2) is 0 Å². The highest BCUT2D eigenvalue weighted by Crippen LogP contribution is 2.23. The molecule has 2 amide bonds. The van der Waals surface area contributed by atoms with Gasteiger partial charge in [0.15, 0.2) is 5.82 Å². The first-order valence-electron chi connectivity index (χ1n) is 9.49. The number of carbonyl (C=O) groups excluding carboxylic acids is 2. The lowest BCUT2D eigenvalue weighted by atomic mass is 10.1. The number of carbonyl (C=O) groups is 2. The van der Waals surface area contributed by atoms with Crippen LogP contribution in [0.2, 0.25) is 0 Å². The van der Waals surface area contributed by atoms with E-state index >= 15 is 0 Å². The fourth-order valence-corrected chi connectivity index (χ4v) is 3.43. The quantitative estimate of drug-likeness (QED) is 0.632. The number of fused-ring (bicyclic) bond motifs is 3. The van der Waals surface area contributed by atoms with Crippen LogP contribution in [0.15, 0.2) is 34.9 Å². The third kappa shape index (κ3) is 3.77. The molecule has 3 N–H and O–H groups in total. The van der Waals surface area contributed by atoms with E-state index in [0.29, 0.717) is 35.9 Å². The third-order valence-electron chi connectivity index (χ3n) is 4.82. The summed E-state index contributed by atoms with van der Waals surface area (Å²) >= 11 is 0. The Labute approximate surface area is 162 Å². The number of nitrogens with one attached hydrogen (secondary N) is 3. The van der Waals surface area contributed by atoms with Gasteiger partial charge in [0.05, 0.1) is 0 Å². The standard InChI is InChI=1S/C20H23N5O3/c1-13-10-18(24-28-13)23-19(26)15-5-4-14-11-17-20(27)22-8-2-6-21-7-3-9-25(17)16(14)12-15/h4-5,10-12,21H,2-3,6-9H2,1H3,(H,22,27)(H,23,24,26). The monoisotopic (exact) mass is 381 g/mol. The van der Waals surface area contributed by atoms with Crippen LogP contribution >= 0.6 is 0 Å². The van der Waals surface area contributed by atoms with Crippen LogP contribution in [0, 0.1) is 6.92 Å². The molecule has 0 aliphatic carbocycles. The molecule has 8 nitrogen and oxygen atoms in total. The third-order valence-corrected chi connectivity index (χ3v) is 4.82. The SMILES string of the molecule is Cc1cc(NC(=O)c2ccc3cc4n(c3c2)CCCNCCCNC4=O)no1. The fourth-order valence-electron chi connectivity index (χ4n) is 3.43. The lowest BCUT2D eigenvalue weighted by Gasteiger charge is -2.10. The van der Waals surface area contributed by atoms with E-state index in [-0.39, 0.29) is 11.8 Å². The molecule has 1 aliphatic rings. The van der Waals surface area contributed by atoms with Gasteiger partial charge in [-0.1, -0.05) is 11.2 Å². The molecule has 0 unspecified atom stereocenters. The molecule has 0 saturated carbocycles. The van der Waals surface area contributed by atoms with Crippen molar-refractivity contribution in [1.82, 2.24) is 20.4 Å². The number of nitrogens with zero attached hydrogens (tertiary/aromatic N) is 2. The zero-order valence-electron chi connectivity index (χ0n) is 15.7. The summed E-state index contributed by atoms with van der Waals surface area (Å²) in [5.74, 6) is 0.652. The molecule has 0 saturated heterocycles. The van der Waals surface area contributed by atoms with E-state index in [0.717, 1.165) is 36.8 Å². The van der Waals surface area contributed by atoms with Gasteiger partial charge in [0, 0.05) is 35.6 Å². The van der Waals surface area contributed by atoms with Crippen LogP contribution < -0.4 is 16.0 Å². The fraction of sp³-hybridized carbons (Fsp3) is 0.350. The Kier molecular flexibility index (Phi) is 5.12. The second kappa shape index (κ2) is 7.85. The van der Waals surface area contributed by atoms with Gasteiger partial charge in [-0.2, -0.15) is 0 Å². The molecule has 0 radical (unpaired) electrons. The number of hydrogen-bond acceptors (Lipinski definition) is 5. The van der Waals surface area contributed by atoms with Crippen LogP contribution in [0.5, 0.6) is 0 Å². The van der Waals surface area contributed by atoms with Crippen molar-refractivity contribution in [2.45, 2.75) is 26.3 Å². The van der Waals surface area contributed by atoms with Crippen LogP contribution in [0.1, 0.15) is 39.4 Å². The maximum Gasteiger partial charge on any atom is 0.267 e. The summed E-state index contributed by atoms with van der Waals surface area (Å²) in [6.07, 6.45) is 1.80. The predicted molar refractivity (Wildman–Crippen MR) is 106 cm³/mol. The molecule has 8 heteroatoms. The highest BCUT2D eigenvalue weighted by Gasteiger charge is 2.18. The van der Waals surface area contributed by atoms with Crippen LogP contribution in [0.4, 0.5) is 5.82 Å². The van der Waals surface area contributed by atoms with Gasteiger partial charge in [0.2, 0.25) is 0 Å². The molecular formula is C20H23N5O3. The Bertz CT molecular complexity index is 1020. The van der Waals surface area contributed by atoms with Gasteiger partial charge in [0.1, 0.15) is 11.5 Å². The van der Waals surface area contributed by atoms with E-state index in [4.69, 9.17) is 4.52 Å². The Hall–Kier alpha value is -3.13. The molecule has 0 spiro atoms. The second-order valence-corrected chi connectivity index (χ2v) is 6.94. The van der Waals surface area contributed by atoms with Crippen LogP contribution in [0.3, 0.4) is 0 Å². The van der Waals surface area contributed by atoms with Crippen molar-refractivity contribution < 1.29 is 14.1 Å². The number of aryl methyl sites for hydroxylation is 2. The summed E-state index contributed by atoms with van der Waals surface area (Å²) in [5.41, 5.74) is 2.00. The first-order valence-corrected chi connectivity index (χ1v) is 9.49. The van der Waals surface area contributed by atoms with Crippen molar-refractivity contribution in [3.05, 3.63) is 47.3 Å². The van der Waals surface area contributed by atoms with E-state index in [2.05, 4.69) is 21.1 Å². The summed E-state index contributed by atoms with van der Waals surface area (Å²) in [6.45, 7) is 4.88. The van der Waals surface area contributed by atoms with Gasteiger partial charge in [0.25, 0.3) is 11.8 Å². The molecule has 1 aromatic carbocycles. The maximum absolute atomic E-state index is 12.6. The van der Waals surface area contributed by atoms with Crippen molar-refractivity contribution in [1.29, 1.82) is 0 Å². The Morgan fingerprint density at radius 1 is 1.18 bits per heavy atom. The van der Waals surface area contributed by atoms with Gasteiger partial charge in [-0.3, -0.25) is 9.59 Å². The molecular weight excluding hydrogens is 358 g/mol. The average molecular weight is 381 g/mol. The Balaban J connectivity index is 1.67. The van der Waals surface area contributed by atoms with E-state index in [9.17, 15) is 9.59 Å². The Morgan fingerprint density at radius 2 is 2.04 bits per heavy atom. The summed E-state index contributed by atoms with van der Waals surface area (Å²) in [5, 5.41) is 13.8. The van der Waals surface area contributed by atoms with Crippen molar-refractivity contribution in [3.8, 4) is 0 Å². The zero-order chi connectivity index (χ0) is 19.5. The van der Waals surface area contributed by atoms with Crippen LogP contribution in [0.25, 0.3) is 10.9 Å². The first-order chi connectivity index (χ1) is 13.6. The molecule has 146 valence electrons. The highest BCUT2D eigenvalue weighted by molar-refractivity contribution is 6.06. The lowest BCUT2D eigenvalue weighted by molar-refractivity contribution is 0.0944. The van der Waals surface area contributed by atoms with E-state index in [1.54, 1.807) is 19.1 Å². The maximum atomic E-state index is 12.6. The smallest absolute Gasteiger partial charge is 0.267 e. The van der Waals surface area contributed by atoms with Gasteiger partial charge < -0.3 is 25.0 Å². The molecule has 28 heavy (non-hydrogen) atoms. The van der Waals surface area contributed by atoms with E-state index < -0.39 is 0 Å². The number of aromatic nitrogens is 2.